The lowest BCUT2D eigenvalue weighted by Crippen LogP contribution is -2.29. The van der Waals surface area contributed by atoms with Crippen LogP contribution in [-0.4, -0.2) is 24.3 Å². The van der Waals surface area contributed by atoms with E-state index in [9.17, 15) is 18.8 Å². The molecule has 2 aromatic carbocycles. The Hall–Kier alpha value is -3.22. The third kappa shape index (κ3) is 4.03. The van der Waals surface area contributed by atoms with E-state index in [0.717, 1.165) is 16.8 Å². The number of aryl methyl sites for hydroxylation is 1. The van der Waals surface area contributed by atoms with Gasteiger partial charge in [0.25, 0.3) is 0 Å². The van der Waals surface area contributed by atoms with Gasteiger partial charge in [0.2, 0.25) is 17.7 Å². The second-order valence-electron chi connectivity index (χ2n) is 6.99. The number of nitrogens with zero attached hydrogens (tertiary/aromatic N) is 1. The summed E-state index contributed by atoms with van der Waals surface area (Å²) in [7, 11) is 0. The maximum atomic E-state index is 14.1. The molecule has 1 aliphatic heterocycles. The van der Waals surface area contributed by atoms with Crippen LogP contribution in [0.25, 0.3) is 0 Å². The van der Waals surface area contributed by atoms with E-state index in [1.165, 1.54) is 25.1 Å². The summed E-state index contributed by atoms with van der Waals surface area (Å²) in [5.74, 6) is -2.06. The van der Waals surface area contributed by atoms with Crippen LogP contribution in [0.4, 0.5) is 21.5 Å². The van der Waals surface area contributed by atoms with Crippen LogP contribution in [0.2, 0.25) is 0 Å². The fourth-order valence-corrected chi connectivity index (χ4v) is 3.28. The van der Waals surface area contributed by atoms with Crippen LogP contribution in [0.15, 0.2) is 36.4 Å². The van der Waals surface area contributed by atoms with Crippen LogP contribution in [0, 0.1) is 25.6 Å². The average Bonchev–Trinajstić information content (AvgIpc) is 3.01. The standard InChI is InChI=1S/C21H22FN3O3/c1-12-5-4-6-19(13(12)2)25-11-15(9-20(25)27)21(28)24-18-10-16(23-14(3)26)7-8-17(18)22/h4-8,10,15H,9,11H2,1-3H3,(H,23,26)(H,24,28). The van der Waals surface area contributed by atoms with Gasteiger partial charge in [-0.1, -0.05) is 12.1 Å². The van der Waals surface area contributed by atoms with Crippen molar-refractivity contribution in [2.24, 2.45) is 5.92 Å². The minimum absolute atomic E-state index is 0.0334. The molecule has 6 nitrogen and oxygen atoms in total. The van der Waals surface area contributed by atoms with Crippen molar-refractivity contribution in [2.45, 2.75) is 27.2 Å². The van der Waals surface area contributed by atoms with Gasteiger partial charge < -0.3 is 15.5 Å². The molecule has 0 saturated carbocycles. The fourth-order valence-electron chi connectivity index (χ4n) is 3.28. The van der Waals surface area contributed by atoms with Gasteiger partial charge in [-0.25, -0.2) is 4.39 Å². The Bertz CT molecular complexity index is 958. The molecule has 7 heteroatoms. The number of benzene rings is 2. The summed E-state index contributed by atoms with van der Waals surface area (Å²) in [6.45, 7) is 5.48. The van der Waals surface area contributed by atoms with Gasteiger partial charge in [0.1, 0.15) is 5.82 Å². The Labute approximate surface area is 162 Å². The zero-order valence-corrected chi connectivity index (χ0v) is 16.0. The highest BCUT2D eigenvalue weighted by atomic mass is 19.1. The highest BCUT2D eigenvalue weighted by Gasteiger charge is 2.36. The molecule has 2 aromatic rings. The van der Waals surface area contributed by atoms with Crippen LogP contribution >= 0.6 is 0 Å². The van der Waals surface area contributed by atoms with Gasteiger partial charge >= 0.3 is 0 Å². The number of nitrogens with one attached hydrogen (secondary N) is 2. The summed E-state index contributed by atoms with van der Waals surface area (Å²) in [6.07, 6.45) is 0.0617. The highest BCUT2D eigenvalue weighted by Crippen LogP contribution is 2.30. The van der Waals surface area contributed by atoms with Crippen LogP contribution in [-0.2, 0) is 14.4 Å². The summed E-state index contributed by atoms with van der Waals surface area (Å²) in [4.78, 5) is 37.9. The molecule has 0 aromatic heterocycles. The molecule has 1 aliphatic rings. The highest BCUT2D eigenvalue weighted by molar-refractivity contribution is 6.04. The van der Waals surface area contributed by atoms with E-state index in [1.54, 1.807) is 4.90 Å². The molecule has 0 spiro atoms. The van der Waals surface area contributed by atoms with E-state index >= 15 is 0 Å². The van der Waals surface area contributed by atoms with Crippen molar-refractivity contribution in [1.29, 1.82) is 0 Å². The van der Waals surface area contributed by atoms with E-state index in [1.807, 2.05) is 32.0 Å². The first kappa shape index (κ1) is 19.5. The molecule has 2 N–H and O–H groups in total. The maximum absolute atomic E-state index is 14.1. The lowest BCUT2D eigenvalue weighted by Gasteiger charge is -2.20. The average molecular weight is 383 g/mol. The van der Waals surface area contributed by atoms with Gasteiger partial charge in [-0.05, 0) is 49.2 Å². The van der Waals surface area contributed by atoms with Crippen molar-refractivity contribution in [2.75, 3.05) is 22.1 Å². The van der Waals surface area contributed by atoms with Crippen LogP contribution in [0.3, 0.4) is 0 Å². The summed E-state index contributed by atoms with van der Waals surface area (Å²) >= 11 is 0. The van der Waals surface area contributed by atoms with Crippen molar-refractivity contribution >= 4 is 34.8 Å². The molecule has 3 amide bonds. The molecule has 28 heavy (non-hydrogen) atoms. The Morgan fingerprint density at radius 1 is 1.14 bits per heavy atom. The normalized spacial score (nSPS) is 16.2. The first-order valence-electron chi connectivity index (χ1n) is 9.01. The maximum Gasteiger partial charge on any atom is 0.229 e. The molecule has 1 atom stereocenters. The number of hydrogen-bond acceptors (Lipinski definition) is 3. The van der Waals surface area contributed by atoms with Crippen molar-refractivity contribution in [3.63, 3.8) is 0 Å². The van der Waals surface area contributed by atoms with Gasteiger partial charge in [0, 0.05) is 31.3 Å². The third-order valence-electron chi connectivity index (χ3n) is 4.91. The zero-order valence-electron chi connectivity index (χ0n) is 16.0. The van der Waals surface area contributed by atoms with Crippen LogP contribution in [0.1, 0.15) is 24.5 Å². The largest absolute Gasteiger partial charge is 0.326 e. The molecule has 1 saturated heterocycles. The Balaban J connectivity index is 1.75. The summed E-state index contributed by atoms with van der Waals surface area (Å²) in [5.41, 5.74) is 3.19. The predicted molar refractivity (Wildman–Crippen MR) is 106 cm³/mol. The lowest BCUT2D eigenvalue weighted by atomic mass is 10.1. The van der Waals surface area contributed by atoms with Gasteiger partial charge in [-0.15, -0.1) is 0 Å². The number of carbonyl (C=O) groups excluding carboxylic acids is 3. The number of hydrogen-bond donors (Lipinski definition) is 2. The van der Waals surface area contributed by atoms with E-state index in [2.05, 4.69) is 10.6 Å². The fraction of sp³-hybridized carbons (Fsp3) is 0.286. The van der Waals surface area contributed by atoms with E-state index < -0.39 is 17.6 Å². The second kappa shape index (κ2) is 7.80. The lowest BCUT2D eigenvalue weighted by molar-refractivity contribution is -0.122. The number of anilines is 3. The third-order valence-corrected chi connectivity index (χ3v) is 4.91. The van der Waals surface area contributed by atoms with Crippen molar-refractivity contribution in [3.8, 4) is 0 Å². The van der Waals surface area contributed by atoms with Crippen molar-refractivity contribution in [3.05, 3.63) is 53.3 Å². The summed E-state index contributed by atoms with van der Waals surface area (Å²) in [5, 5.41) is 5.08. The van der Waals surface area contributed by atoms with Crippen molar-refractivity contribution in [1.82, 2.24) is 0 Å². The first-order valence-corrected chi connectivity index (χ1v) is 9.01. The molecule has 0 aliphatic carbocycles. The monoisotopic (exact) mass is 383 g/mol. The molecule has 1 unspecified atom stereocenters. The summed E-state index contributed by atoms with van der Waals surface area (Å²) in [6, 6.07) is 9.64. The number of carbonyl (C=O) groups is 3. The topological polar surface area (TPSA) is 78.5 Å². The first-order chi connectivity index (χ1) is 13.3. The van der Waals surface area contributed by atoms with Gasteiger partial charge in [-0.3, -0.25) is 14.4 Å². The number of rotatable bonds is 4. The van der Waals surface area contributed by atoms with E-state index in [0.29, 0.717) is 5.69 Å². The molecule has 146 valence electrons. The Kier molecular flexibility index (Phi) is 5.44. The number of halogens is 1. The minimum atomic E-state index is -0.613. The molecule has 0 radical (unpaired) electrons. The van der Waals surface area contributed by atoms with Gasteiger partial charge in [0.05, 0.1) is 11.6 Å². The molecule has 1 fully saturated rings. The SMILES string of the molecule is CC(=O)Nc1ccc(F)c(NC(=O)C2CC(=O)N(c3cccc(C)c3C)C2)c1. The number of amides is 3. The van der Waals surface area contributed by atoms with Gasteiger partial charge in [0.15, 0.2) is 0 Å². The van der Waals surface area contributed by atoms with Crippen LogP contribution < -0.4 is 15.5 Å². The Morgan fingerprint density at radius 2 is 1.89 bits per heavy atom. The zero-order chi connectivity index (χ0) is 20.4. The summed E-state index contributed by atoms with van der Waals surface area (Å²) < 4.78 is 14.1. The molecular formula is C21H22FN3O3. The van der Waals surface area contributed by atoms with E-state index in [4.69, 9.17) is 0 Å². The quantitative estimate of drug-likeness (QED) is 0.849. The molecule has 0 bridgehead atoms. The van der Waals surface area contributed by atoms with Gasteiger partial charge in [-0.2, -0.15) is 0 Å². The van der Waals surface area contributed by atoms with E-state index in [-0.39, 0.29) is 30.5 Å². The van der Waals surface area contributed by atoms with Crippen LogP contribution in [0.5, 0.6) is 0 Å². The minimum Gasteiger partial charge on any atom is -0.326 e. The molecule has 3 rings (SSSR count). The smallest absolute Gasteiger partial charge is 0.229 e. The second-order valence-corrected chi connectivity index (χ2v) is 6.99. The predicted octanol–water partition coefficient (Wildman–Crippen LogP) is 3.39. The van der Waals surface area contributed by atoms with Crippen molar-refractivity contribution < 1.29 is 18.8 Å². The molecule has 1 heterocycles. The Morgan fingerprint density at radius 3 is 2.61 bits per heavy atom. The molecular weight excluding hydrogens is 361 g/mol.